The number of ketones is 1. The highest BCUT2D eigenvalue weighted by molar-refractivity contribution is 6.00. The lowest BCUT2D eigenvalue weighted by molar-refractivity contribution is 0.0962. The zero-order chi connectivity index (χ0) is 17.4. The predicted octanol–water partition coefficient (Wildman–Crippen LogP) is 2.13. The van der Waals surface area contributed by atoms with Crippen LogP contribution in [0.1, 0.15) is 39.6 Å². The van der Waals surface area contributed by atoms with Crippen molar-refractivity contribution in [3.8, 4) is 11.4 Å². The van der Waals surface area contributed by atoms with Crippen LogP contribution in [0.4, 0.5) is 5.95 Å². The highest BCUT2D eigenvalue weighted by Crippen LogP contribution is 2.36. The Kier molecular flexibility index (Phi) is 3.68. The summed E-state index contributed by atoms with van der Waals surface area (Å²) in [6.07, 6.45) is 7.65. The summed E-state index contributed by atoms with van der Waals surface area (Å²) < 4.78 is 0. The quantitative estimate of drug-likeness (QED) is 0.766. The molecule has 4 rings (SSSR count). The number of nitrogens with zero attached hydrogens (tertiary/aromatic N) is 5. The van der Waals surface area contributed by atoms with Gasteiger partial charge in [-0.1, -0.05) is 6.07 Å². The molecule has 7 nitrogen and oxygen atoms in total. The molecule has 1 unspecified atom stereocenters. The number of fused-ring (bicyclic) bond motifs is 1. The third kappa shape index (κ3) is 2.73. The molecule has 3 aromatic rings. The average Bonchev–Trinajstić information content (AvgIpc) is 2.61. The van der Waals surface area contributed by atoms with Gasteiger partial charge in [0.25, 0.3) is 0 Å². The van der Waals surface area contributed by atoms with Gasteiger partial charge in [-0.25, -0.2) is 9.97 Å². The van der Waals surface area contributed by atoms with Gasteiger partial charge in [-0.3, -0.25) is 19.7 Å². The van der Waals surface area contributed by atoms with E-state index < -0.39 is 0 Å². The second kappa shape index (κ2) is 6.01. The molecule has 0 radical (unpaired) electrons. The molecule has 0 saturated heterocycles. The second-order valence-electron chi connectivity index (χ2n) is 6.05. The minimum absolute atomic E-state index is 0.0283. The number of anilines is 1. The molecule has 0 aromatic carbocycles. The van der Waals surface area contributed by atoms with Gasteiger partial charge >= 0.3 is 0 Å². The van der Waals surface area contributed by atoms with Gasteiger partial charge in [-0.15, -0.1) is 0 Å². The zero-order valence-corrected chi connectivity index (χ0v) is 13.7. The lowest BCUT2D eigenvalue weighted by atomic mass is 9.80. The number of nitrogens with two attached hydrogens (primary N) is 1. The number of pyridine rings is 1. The second-order valence-corrected chi connectivity index (χ2v) is 6.05. The largest absolute Gasteiger partial charge is 0.368 e. The summed E-state index contributed by atoms with van der Waals surface area (Å²) in [5.74, 6) is 0.210. The fourth-order valence-corrected chi connectivity index (χ4v) is 3.40. The van der Waals surface area contributed by atoms with Crippen molar-refractivity contribution in [3.05, 3.63) is 59.4 Å². The van der Waals surface area contributed by atoms with E-state index in [-0.39, 0.29) is 17.6 Å². The van der Waals surface area contributed by atoms with E-state index in [9.17, 15) is 4.79 Å². The number of hydrogen-bond acceptors (Lipinski definition) is 7. The smallest absolute Gasteiger partial charge is 0.220 e. The van der Waals surface area contributed by atoms with Crippen LogP contribution >= 0.6 is 0 Å². The Bertz CT molecular complexity index is 957. The van der Waals surface area contributed by atoms with Crippen molar-refractivity contribution in [1.82, 2.24) is 24.9 Å². The predicted molar refractivity (Wildman–Crippen MR) is 91.8 cm³/mol. The Labute approximate surface area is 144 Å². The first-order valence-electron chi connectivity index (χ1n) is 8.01. The molecule has 3 heterocycles. The van der Waals surface area contributed by atoms with E-state index in [1.165, 1.54) is 0 Å². The number of hydrogen-bond donors (Lipinski definition) is 1. The van der Waals surface area contributed by atoms with Gasteiger partial charge in [0.15, 0.2) is 5.78 Å². The van der Waals surface area contributed by atoms with Crippen LogP contribution in [0, 0.1) is 6.92 Å². The molecule has 0 bridgehead atoms. The average molecular weight is 332 g/mol. The van der Waals surface area contributed by atoms with E-state index in [1.807, 2.05) is 12.1 Å². The van der Waals surface area contributed by atoms with Crippen LogP contribution in [0.5, 0.6) is 0 Å². The SMILES string of the molecule is Cc1nc(N)nc2c1C(=O)CC(c1cccnc1-c1cnccn1)C2. The molecular weight excluding hydrogens is 316 g/mol. The van der Waals surface area contributed by atoms with Crippen molar-refractivity contribution in [2.75, 3.05) is 5.73 Å². The Hall–Kier alpha value is -3.22. The first-order valence-corrected chi connectivity index (χ1v) is 8.01. The van der Waals surface area contributed by atoms with E-state index in [0.717, 1.165) is 11.3 Å². The van der Waals surface area contributed by atoms with Crippen LogP contribution in [0.3, 0.4) is 0 Å². The molecule has 0 fully saturated rings. The fourth-order valence-electron chi connectivity index (χ4n) is 3.40. The number of nitrogen functional groups attached to an aromatic ring is 1. The first kappa shape index (κ1) is 15.3. The summed E-state index contributed by atoms with van der Waals surface area (Å²) >= 11 is 0. The van der Waals surface area contributed by atoms with Crippen LogP contribution in [0.2, 0.25) is 0 Å². The molecule has 1 atom stereocenters. The molecule has 2 N–H and O–H groups in total. The fraction of sp³-hybridized carbons (Fsp3) is 0.222. The maximum Gasteiger partial charge on any atom is 0.220 e. The van der Waals surface area contributed by atoms with E-state index in [2.05, 4.69) is 24.9 Å². The topological polar surface area (TPSA) is 108 Å². The van der Waals surface area contributed by atoms with Gasteiger partial charge in [-0.2, -0.15) is 0 Å². The molecule has 0 amide bonds. The summed E-state index contributed by atoms with van der Waals surface area (Å²) in [6.45, 7) is 1.80. The van der Waals surface area contributed by atoms with Gasteiger partial charge in [0.1, 0.15) is 5.69 Å². The first-order chi connectivity index (χ1) is 12.1. The Morgan fingerprint density at radius 1 is 1.12 bits per heavy atom. The number of carbonyl (C=O) groups is 1. The number of aryl methyl sites for hydroxylation is 1. The van der Waals surface area contributed by atoms with Gasteiger partial charge in [0, 0.05) is 25.0 Å². The Balaban J connectivity index is 1.79. The lowest BCUT2D eigenvalue weighted by Gasteiger charge is -2.25. The van der Waals surface area contributed by atoms with Crippen molar-refractivity contribution in [2.24, 2.45) is 0 Å². The third-order valence-corrected chi connectivity index (χ3v) is 4.42. The van der Waals surface area contributed by atoms with E-state index in [1.54, 1.807) is 31.7 Å². The summed E-state index contributed by atoms with van der Waals surface area (Å²) in [7, 11) is 0. The molecular formula is C18H16N6O. The van der Waals surface area contributed by atoms with Crippen molar-refractivity contribution in [3.63, 3.8) is 0 Å². The van der Waals surface area contributed by atoms with Gasteiger partial charge < -0.3 is 5.73 Å². The molecule has 0 saturated carbocycles. The van der Waals surface area contributed by atoms with E-state index in [4.69, 9.17) is 5.73 Å². The summed E-state index contributed by atoms with van der Waals surface area (Å²) in [5.41, 5.74) is 10.1. The van der Waals surface area contributed by atoms with Crippen molar-refractivity contribution >= 4 is 11.7 Å². The Morgan fingerprint density at radius 2 is 2.00 bits per heavy atom. The number of rotatable bonds is 2. The van der Waals surface area contributed by atoms with Gasteiger partial charge in [-0.05, 0) is 30.9 Å². The molecule has 7 heteroatoms. The van der Waals surface area contributed by atoms with Crippen LogP contribution in [0.15, 0.2) is 36.9 Å². The maximum atomic E-state index is 12.7. The highest BCUT2D eigenvalue weighted by atomic mass is 16.1. The summed E-state index contributed by atoms with van der Waals surface area (Å²) in [6, 6.07) is 3.85. The van der Waals surface area contributed by atoms with Gasteiger partial charge in [0.2, 0.25) is 5.95 Å². The van der Waals surface area contributed by atoms with Crippen LogP contribution in [0.25, 0.3) is 11.4 Å². The monoisotopic (exact) mass is 332 g/mol. The Morgan fingerprint density at radius 3 is 2.80 bits per heavy atom. The molecule has 25 heavy (non-hydrogen) atoms. The van der Waals surface area contributed by atoms with Crippen LogP contribution < -0.4 is 5.73 Å². The van der Waals surface area contributed by atoms with Crippen molar-refractivity contribution in [2.45, 2.75) is 25.7 Å². The maximum absolute atomic E-state index is 12.7. The summed E-state index contributed by atoms with van der Waals surface area (Å²) in [4.78, 5) is 34.0. The van der Waals surface area contributed by atoms with Crippen molar-refractivity contribution < 1.29 is 4.79 Å². The number of aromatic nitrogens is 5. The van der Waals surface area contributed by atoms with Crippen LogP contribution in [-0.2, 0) is 6.42 Å². The van der Waals surface area contributed by atoms with Crippen molar-refractivity contribution in [1.29, 1.82) is 0 Å². The standard InChI is InChI=1S/C18H16N6O/c1-10-16-13(24-18(19)23-10)7-11(8-15(16)25)12-3-2-4-22-17(12)14-9-20-5-6-21-14/h2-6,9,11H,7-8H2,1H3,(H2,19,23,24). The van der Waals surface area contributed by atoms with Gasteiger partial charge in [0.05, 0.1) is 28.8 Å². The van der Waals surface area contributed by atoms with E-state index in [0.29, 0.717) is 35.5 Å². The minimum Gasteiger partial charge on any atom is -0.368 e. The molecule has 1 aliphatic carbocycles. The zero-order valence-electron chi connectivity index (χ0n) is 13.7. The lowest BCUT2D eigenvalue weighted by Crippen LogP contribution is -2.23. The highest BCUT2D eigenvalue weighted by Gasteiger charge is 2.31. The number of Topliss-reactive ketones (excluding diaryl/α,β-unsaturated/α-hetero) is 1. The minimum atomic E-state index is -0.0283. The molecule has 124 valence electrons. The molecule has 0 aliphatic heterocycles. The molecule has 3 aromatic heterocycles. The molecule has 1 aliphatic rings. The molecule has 0 spiro atoms. The third-order valence-electron chi connectivity index (χ3n) is 4.42. The summed E-state index contributed by atoms with van der Waals surface area (Å²) in [5, 5.41) is 0. The number of carbonyl (C=O) groups excluding carboxylic acids is 1. The normalized spacial score (nSPS) is 16.5. The van der Waals surface area contributed by atoms with E-state index >= 15 is 0 Å². The van der Waals surface area contributed by atoms with Crippen LogP contribution in [-0.4, -0.2) is 30.7 Å².